The highest BCUT2D eigenvalue weighted by Crippen LogP contribution is 2.27. The fourth-order valence-corrected chi connectivity index (χ4v) is 2.72. The summed E-state index contributed by atoms with van der Waals surface area (Å²) in [5.74, 6) is -1.25. The molecule has 1 fully saturated rings. The van der Waals surface area contributed by atoms with E-state index in [2.05, 4.69) is 4.72 Å². The molecular weight excluding hydrogens is 230 g/mol. The van der Waals surface area contributed by atoms with Crippen molar-refractivity contribution >= 4 is 16.0 Å². The first-order valence-corrected chi connectivity index (χ1v) is 6.86. The van der Waals surface area contributed by atoms with Crippen LogP contribution in [-0.2, 0) is 14.8 Å². The summed E-state index contributed by atoms with van der Waals surface area (Å²) in [5.41, 5.74) is 0. The van der Waals surface area contributed by atoms with Gasteiger partial charge in [-0.05, 0) is 40.0 Å². The molecule has 94 valence electrons. The number of hydrogen-bond acceptors (Lipinski definition) is 3. The molecule has 0 aromatic rings. The molecule has 0 spiro atoms. The molecule has 1 rings (SSSR count). The molecule has 16 heavy (non-hydrogen) atoms. The van der Waals surface area contributed by atoms with Crippen LogP contribution >= 0.6 is 0 Å². The summed E-state index contributed by atoms with van der Waals surface area (Å²) in [5, 5.41) is 8.81. The fraction of sp³-hybridized carbons (Fsp3) is 0.900. The number of hydrogen-bond donors (Lipinski definition) is 2. The van der Waals surface area contributed by atoms with Gasteiger partial charge in [0.05, 0.1) is 10.7 Å². The second-order valence-electron chi connectivity index (χ2n) is 5.28. The quantitative estimate of drug-likeness (QED) is 0.780. The Morgan fingerprint density at radius 1 is 1.31 bits per heavy atom. The first-order chi connectivity index (χ1) is 7.13. The van der Waals surface area contributed by atoms with Crippen LogP contribution in [-0.4, -0.2) is 30.3 Å². The number of carboxylic acids is 1. The highest BCUT2D eigenvalue weighted by molar-refractivity contribution is 7.90. The lowest BCUT2D eigenvalue weighted by atomic mass is 10.1. The predicted octanol–water partition coefficient (Wildman–Crippen LogP) is 0.958. The zero-order valence-corrected chi connectivity index (χ0v) is 10.7. The van der Waals surface area contributed by atoms with Crippen LogP contribution in [0.15, 0.2) is 0 Å². The van der Waals surface area contributed by atoms with E-state index in [1.807, 2.05) is 0 Å². The van der Waals surface area contributed by atoms with Crippen LogP contribution in [0, 0.1) is 5.92 Å². The number of rotatable bonds is 3. The van der Waals surface area contributed by atoms with Crippen molar-refractivity contribution in [1.82, 2.24) is 4.72 Å². The molecule has 0 amide bonds. The average Bonchev–Trinajstić information content (AvgIpc) is 2.49. The van der Waals surface area contributed by atoms with Gasteiger partial charge in [-0.2, -0.15) is 0 Å². The van der Waals surface area contributed by atoms with E-state index in [0.29, 0.717) is 19.3 Å². The summed E-state index contributed by atoms with van der Waals surface area (Å²) in [6, 6.07) is -0.231. The second kappa shape index (κ2) is 4.33. The monoisotopic (exact) mass is 249 g/mol. The van der Waals surface area contributed by atoms with E-state index in [9.17, 15) is 13.2 Å². The fourth-order valence-electron chi connectivity index (χ4n) is 1.71. The van der Waals surface area contributed by atoms with Crippen LogP contribution in [0.5, 0.6) is 0 Å². The average molecular weight is 249 g/mol. The summed E-state index contributed by atoms with van der Waals surface area (Å²) < 4.78 is 25.4. The summed E-state index contributed by atoms with van der Waals surface area (Å²) in [6.07, 6.45) is 1.55. The van der Waals surface area contributed by atoms with Crippen molar-refractivity contribution in [1.29, 1.82) is 0 Å². The van der Waals surface area contributed by atoms with Crippen molar-refractivity contribution in [2.75, 3.05) is 0 Å². The Balaban J connectivity index is 2.62. The summed E-state index contributed by atoms with van der Waals surface area (Å²) in [6.45, 7) is 4.87. The number of sulfonamides is 1. The van der Waals surface area contributed by atoms with E-state index in [-0.39, 0.29) is 6.04 Å². The zero-order chi connectivity index (χ0) is 12.6. The van der Waals surface area contributed by atoms with Crippen molar-refractivity contribution in [2.24, 2.45) is 5.92 Å². The van der Waals surface area contributed by atoms with Crippen molar-refractivity contribution in [2.45, 2.75) is 50.8 Å². The van der Waals surface area contributed by atoms with E-state index in [0.717, 1.165) is 0 Å². The van der Waals surface area contributed by atoms with Gasteiger partial charge in [-0.3, -0.25) is 4.79 Å². The number of nitrogens with one attached hydrogen (secondary N) is 1. The van der Waals surface area contributed by atoms with Gasteiger partial charge in [0.1, 0.15) is 0 Å². The first kappa shape index (κ1) is 13.4. The van der Waals surface area contributed by atoms with Gasteiger partial charge in [0, 0.05) is 6.04 Å². The van der Waals surface area contributed by atoms with Gasteiger partial charge in [0.2, 0.25) is 10.0 Å². The maximum atomic E-state index is 11.8. The third-order valence-electron chi connectivity index (χ3n) is 2.91. The molecule has 0 bridgehead atoms. The second-order valence-corrected chi connectivity index (χ2v) is 7.75. The minimum absolute atomic E-state index is 0.231. The van der Waals surface area contributed by atoms with Gasteiger partial charge < -0.3 is 5.11 Å². The van der Waals surface area contributed by atoms with E-state index in [4.69, 9.17) is 5.11 Å². The van der Waals surface area contributed by atoms with Crippen molar-refractivity contribution in [3.8, 4) is 0 Å². The Morgan fingerprint density at radius 3 is 2.25 bits per heavy atom. The molecule has 6 heteroatoms. The SMILES string of the molecule is CC(C)(C)S(=O)(=O)NC1CCC(C(=O)O)C1. The van der Waals surface area contributed by atoms with Gasteiger partial charge in [-0.15, -0.1) is 0 Å². The van der Waals surface area contributed by atoms with Gasteiger partial charge in [-0.25, -0.2) is 13.1 Å². The molecule has 1 aliphatic carbocycles. The van der Waals surface area contributed by atoms with E-state index < -0.39 is 26.7 Å². The smallest absolute Gasteiger partial charge is 0.306 e. The summed E-state index contributed by atoms with van der Waals surface area (Å²) in [7, 11) is -3.37. The third kappa shape index (κ3) is 2.95. The van der Waals surface area contributed by atoms with Crippen LogP contribution < -0.4 is 4.72 Å². The third-order valence-corrected chi connectivity index (χ3v) is 5.17. The lowest BCUT2D eigenvalue weighted by molar-refractivity contribution is -0.141. The molecule has 1 saturated carbocycles. The maximum absolute atomic E-state index is 11.8. The maximum Gasteiger partial charge on any atom is 0.306 e. The van der Waals surface area contributed by atoms with E-state index in [1.54, 1.807) is 20.8 Å². The summed E-state index contributed by atoms with van der Waals surface area (Å²) >= 11 is 0. The molecule has 0 aliphatic heterocycles. The molecule has 0 heterocycles. The van der Waals surface area contributed by atoms with Crippen LogP contribution in [0.25, 0.3) is 0 Å². The molecular formula is C10H19NO4S. The molecule has 0 aromatic carbocycles. The molecule has 5 nitrogen and oxygen atoms in total. The lowest BCUT2D eigenvalue weighted by Crippen LogP contribution is -2.43. The Labute approximate surface area is 96.3 Å². The molecule has 0 aromatic heterocycles. The highest BCUT2D eigenvalue weighted by atomic mass is 32.2. The summed E-state index contributed by atoms with van der Waals surface area (Å²) in [4.78, 5) is 10.7. The normalized spacial score (nSPS) is 26.9. The minimum atomic E-state index is -3.37. The Kier molecular flexibility index (Phi) is 3.64. The van der Waals surface area contributed by atoms with E-state index >= 15 is 0 Å². The molecule has 2 N–H and O–H groups in total. The topological polar surface area (TPSA) is 83.5 Å². The van der Waals surface area contributed by atoms with Crippen LogP contribution in [0.2, 0.25) is 0 Å². The Hall–Kier alpha value is -0.620. The largest absolute Gasteiger partial charge is 0.481 e. The Morgan fingerprint density at radius 2 is 1.88 bits per heavy atom. The number of carboxylic acid groups (broad SMARTS) is 1. The first-order valence-electron chi connectivity index (χ1n) is 5.38. The molecule has 0 saturated heterocycles. The molecule has 2 unspecified atom stereocenters. The van der Waals surface area contributed by atoms with Gasteiger partial charge in [0.25, 0.3) is 0 Å². The number of carbonyl (C=O) groups is 1. The minimum Gasteiger partial charge on any atom is -0.481 e. The lowest BCUT2D eigenvalue weighted by Gasteiger charge is -2.22. The standard InChI is InChI=1S/C10H19NO4S/c1-10(2,3)16(14,15)11-8-5-4-7(6-8)9(12)13/h7-8,11H,4-6H2,1-3H3,(H,12,13). The van der Waals surface area contributed by atoms with Crippen LogP contribution in [0.3, 0.4) is 0 Å². The van der Waals surface area contributed by atoms with Gasteiger partial charge >= 0.3 is 5.97 Å². The highest BCUT2D eigenvalue weighted by Gasteiger charge is 2.36. The van der Waals surface area contributed by atoms with Crippen molar-refractivity contribution in [3.63, 3.8) is 0 Å². The number of aliphatic carboxylic acids is 1. The molecule has 2 atom stereocenters. The van der Waals surface area contributed by atoms with E-state index in [1.165, 1.54) is 0 Å². The Bertz CT molecular complexity index is 369. The van der Waals surface area contributed by atoms with Crippen LogP contribution in [0.1, 0.15) is 40.0 Å². The van der Waals surface area contributed by atoms with Crippen molar-refractivity contribution in [3.05, 3.63) is 0 Å². The van der Waals surface area contributed by atoms with Gasteiger partial charge in [-0.1, -0.05) is 0 Å². The van der Waals surface area contributed by atoms with Crippen LogP contribution in [0.4, 0.5) is 0 Å². The molecule has 0 radical (unpaired) electrons. The van der Waals surface area contributed by atoms with Crippen molar-refractivity contribution < 1.29 is 18.3 Å². The predicted molar refractivity (Wildman–Crippen MR) is 60.6 cm³/mol. The molecule has 1 aliphatic rings. The van der Waals surface area contributed by atoms with Gasteiger partial charge in [0.15, 0.2) is 0 Å². The zero-order valence-electron chi connectivity index (χ0n) is 9.86.